The number of benzene rings is 2. The number of alkyl halides is 2. The molecule has 2 saturated carbocycles. The molecule has 1 nitrogen and oxygen atoms in total. The lowest BCUT2D eigenvalue weighted by Gasteiger charge is -2.21. The van der Waals surface area contributed by atoms with E-state index in [1.54, 1.807) is 0 Å². The van der Waals surface area contributed by atoms with Crippen molar-refractivity contribution in [2.75, 3.05) is 13.1 Å². The molecule has 0 aliphatic heterocycles. The Morgan fingerprint density at radius 2 is 1.52 bits per heavy atom. The van der Waals surface area contributed by atoms with Crippen molar-refractivity contribution < 1.29 is 8.78 Å². The van der Waals surface area contributed by atoms with Crippen LogP contribution in [0.25, 0.3) is 0 Å². The zero-order valence-electron chi connectivity index (χ0n) is 16.2. The Hall–Kier alpha value is -1.74. The minimum absolute atomic E-state index is 0.542. The molecular weight excluding hydrogens is 340 g/mol. The third kappa shape index (κ3) is 4.24. The molecule has 0 radical (unpaired) electrons. The Labute approximate surface area is 161 Å². The van der Waals surface area contributed by atoms with Gasteiger partial charge in [0.15, 0.2) is 0 Å². The van der Waals surface area contributed by atoms with Gasteiger partial charge in [-0.15, -0.1) is 0 Å². The van der Waals surface area contributed by atoms with Crippen molar-refractivity contribution >= 4 is 0 Å². The Kier molecular flexibility index (Phi) is 5.07. The summed E-state index contributed by atoms with van der Waals surface area (Å²) in [5.74, 6) is 0. The Morgan fingerprint density at radius 3 is 2.15 bits per heavy atom. The fraction of sp³-hybridized carbons (Fsp3) is 0.500. The van der Waals surface area contributed by atoms with Crippen LogP contribution in [0.15, 0.2) is 48.5 Å². The van der Waals surface area contributed by atoms with Gasteiger partial charge >= 0.3 is 0 Å². The molecule has 0 atom stereocenters. The van der Waals surface area contributed by atoms with Crippen LogP contribution in [0.3, 0.4) is 0 Å². The predicted molar refractivity (Wildman–Crippen MR) is 106 cm³/mol. The van der Waals surface area contributed by atoms with E-state index in [0.717, 1.165) is 38.0 Å². The highest BCUT2D eigenvalue weighted by molar-refractivity contribution is 5.44. The molecule has 2 aliphatic carbocycles. The van der Waals surface area contributed by atoms with Gasteiger partial charge in [-0.3, -0.25) is 4.90 Å². The molecule has 2 fully saturated rings. The number of halogens is 2. The fourth-order valence-corrected chi connectivity index (χ4v) is 3.96. The summed E-state index contributed by atoms with van der Waals surface area (Å²) in [5.41, 5.74) is 1.19. The lowest BCUT2D eigenvalue weighted by Crippen LogP contribution is -2.24. The van der Waals surface area contributed by atoms with Crippen LogP contribution in [0.4, 0.5) is 8.78 Å². The highest BCUT2D eigenvalue weighted by atomic mass is 19.1. The first-order valence-electron chi connectivity index (χ1n) is 10.3. The SMILES string of the molecule is CCN(CCCc1ccc(C2(F)CC2)c(C2(F)CC2)c1)Cc1ccccc1. The molecule has 4 rings (SSSR count). The van der Waals surface area contributed by atoms with Gasteiger partial charge in [-0.25, -0.2) is 8.78 Å². The third-order valence-corrected chi connectivity index (χ3v) is 6.06. The number of aryl methyl sites for hydroxylation is 1. The van der Waals surface area contributed by atoms with E-state index in [-0.39, 0.29) is 0 Å². The van der Waals surface area contributed by atoms with E-state index in [2.05, 4.69) is 36.1 Å². The maximum atomic E-state index is 14.8. The molecule has 0 spiro atoms. The molecule has 3 heteroatoms. The van der Waals surface area contributed by atoms with Gasteiger partial charge in [0.25, 0.3) is 0 Å². The summed E-state index contributed by atoms with van der Waals surface area (Å²) in [6.45, 7) is 5.17. The summed E-state index contributed by atoms with van der Waals surface area (Å²) >= 11 is 0. The molecule has 0 unspecified atom stereocenters. The van der Waals surface area contributed by atoms with Crippen molar-refractivity contribution in [2.24, 2.45) is 0 Å². The normalized spacial score (nSPS) is 19.3. The quantitative estimate of drug-likeness (QED) is 0.519. The second-order valence-electron chi connectivity index (χ2n) is 8.27. The molecular formula is C24H29F2N. The van der Waals surface area contributed by atoms with Crippen LogP contribution in [-0.2, 0) is 24.3 Å². The second-order valence-corrected chi connectivity index (χ2v) is 8.27. The van der Waals surface area contributed by atoms with Crippen LogP contribution in [0.2, 0.25) is 0 Å². The van der Waals surface area contributed by atoms with Crippen LogP contribution >= 0.6 is 0 Å². The van der Waals surface area contributed by atoms with E-state index in [4.69, 9.17) is 0 Å². The molecule has 0 N–H and O–H groups in total. The first kappa shape index (κ1) is 18.6. The summed E-state index contributed by atoms with van der Waals surface area (Å²) < 4.78 is 29.4. The molecule has 2 aromatic rings. The van der Waals surface area contributed by atoms with E-state index >= 15 is 0 Å². The van der Waals surface area contributed by atoms with Gasteiger partial charge in [0.2, 0.25) is 0 Å². The summed E-state index contributed by atoms with van der Waals surface area (Å²) in [5, 5.41) is 0. The average Bonchev–Trinajstić information content (AvgIpc) is 3.61. The van der Waals surface area contributed by atoms with E-state index in [1.165, 1.54) is 5.56 Å². The first-order valence-corrected chi connectivity index (χ1v) is 10.3. The minimum Gasteiger partial charge on any atom is -0.299 e. The zero-order valence-corrected chi connectivity index (χ0v) is 16.2. The molecule has 27 heavy (non-hydrogen) atoms. The molecule has 0 heterocycles. The van der Waals surface area contributed by atoms with Crippen LogP contribution in [0.1, 0.15) is 61.3 Å². The van der Waals surface area contributed by atoms with E-state index in [9.17, 15) is 8.78 Å². The molecule has 0 saturated heterocycles. The van der Waals surface area contributed by atoms with E-state index < -0.39 is 11.3 Å². The lowest BCUT2D eigenvalue weighted by molar-refractivity contribution is 0.276. The van der Waals surface area contributed by atoms with Crippen LogP contribution in [-0.4, -0.2) is 18.0 Å². The standard InChI is InChI=1S/C24H29F2N/c1-2-27(18-20-7-4-3-5-8-20)16-6-9-19-10-11-21(23(25)12-13-23)22(17-19)24(26)14-15-24/h3-5,7-8,10-11,17H,2,6,9,12-16,18H2,1H3. The molecule has 144 valence electrons. The monoisotopic (exact) mass is 369 g/mol. The second kappa shape index (κ2) is 7.35. The lowest BCUT2D eigenvalue weighted by atomic mass is 9.93. The van der Waals surface area contributed by atoms with Crippen LogP contribution in [0, 0.1) is 0 Å². The van der Waals surface area contributed by atoms with Crippen molar-refractivity contribution in [1.29, 1.82) is 0 Å². The maximum Gasteiger partial charge on any atom is 0.136 e. The minimum atomic E-state index is -1.27. The zero-order chi connectivity index (χ0) is 18.9. The Bertz CT molecular complexity index is 778. The summed E-state index contributed by atoms with van der Waals surface area (Å²) in [4.78, 5) is 2.43. The fourth-order valence-electron chi connectivity index (χ4n) is 3.96. The smallest absolute Gasteiger partial charge is 0.136 e. The number of nitrogens with zero attached hydrogens (tertiary/aromatic N) is 1. The van der Waals surface area contributed by atoms with Crippen molar-refractivity contribution in [2.45, 2.75) is 63.3 Å². The number of hydrogen-bond acceptors (Lipinski definition) is 1. The van der Waals surface area contributed by atoms with Gasteiger partial charge < -0.3 is 0 Å². The van der Waals surface area contributed by atoms with Crippen LogP contribution < -0.4 is 0 Å². The highest BCUT2D eigenvalue weighted by Gasteiger charge is 2.53. The van der Waals surface area contributed by atoms with Gasteiger partial charge in [-0.2, -0.15) is 0 Å². The van der Waals surface area contributed by atoms with E-state index in [0.29, 0.717) is 36.8 Å². The topological polar surface area (TPSA) is 3.24 Å². The average molecular weight is 369 g/mol. The van der Waals surface area contributed by atoms with Gasteiger partial charge in [-0.1, -0.05) is 55.5 Å². The number of hydrogen-bond donors (Lipinski definition) is 0. The molecule has 0 bridgehead atoms. The van der Waals surface area contributed by atoms with Crippen molar-refractivity contribution in [1.82, 2.24) is 4.90 Å². The molecule has 0 aromatic heterocycles. The summed E-state index contributed by atoms with van der Waals surface area (Å²) in [6, 6.07) is 16.3. The van der Waals surface area contributed by atoms with Gasteiger partial charge in [0.1, 0.15) is 11.3 Å². The molecule has 2 aliphatic rings. The highest BCUT2D eigenvalue weighted by Crippen LogP contribution is 2.58. The largest absolute Gasteiger partial charge is 0.299 e. The number of rotatable bonds is 9. The Morgan fingerprint density at radius 1 is 0.852 bits per heavy atom. The van der Waals surface area contributed by atoms with Crippen molar-refractivity contribution in [3.63, 3.8) is 0 Å². The first-order chi connectivity index (χ1) is 13.0. The third-order valence-electron chi connectivity index (χ3n) is 6.06. The van der Waals surface area contributed by atoms with Gasteiger partial charge in [0, 0.05) is 6.54 Å². The molecule has 0 amide bonds. The van der Waals surface area contributed by atoms with Crippen molar-refractivity contribution in [3.8, 4) is 0 Å². The van der Waals surface area contributed by atoms with Crippen LogP contribution in [0.5, 0.6) is 0 Å². The van der Waals surface area contributed by atoms with Crippen molar-refractivity contribution in [3.05, 3.63) is 70.8 Å². The van der Waals surface area contributed by atoms with Gasteiger partial charge in [-0.05, 0) is 73.9 Å². The molecule has 2 aromatic carbocycles. The van der Waals surface area contributed by atoms with E-state index in [1.807, 2.05) is 24.3 Å². The maximum absolute atomic E-state index is 14.8. The van der Waals surface area contributed by atoms with Gasteiger partial charge in [0.05, 0.1) is 0 Å². The summed E-state index contributed by atoms with van der Waals surface area (Å²) in [6.07, 6.45) is 4.11. The predicted octanol–water partition coefficient (Wildman–Crippen LogP) is 6.06. The Balaban J connectivity index is 1.38. The summed E-state index contributed by atoms with van der Waals surface area (Å²) in [7, 11) is 0.